The Morgan fingerprint density at radius 3 is 1.29 bits per heavy atom. The Morgan fingerprint density at radius 2 is 1.00 bits per heavy atom. The first-order valence-corrected chi connectivity index (χ1v) is 13.6. The maximum absolute atomic E-state index is 2.31. The molecule has 4 aromatic rings. The van der Waals surface area contributed by atoms with E-state index in [1.807, 2.05) is 0 Å². The van der Waals surface area contributed by atoms with Gasteiger partial charge in [-0.3, -0.25) is 0 Å². The summed E-state index contributed by atoms with van der Waals surface area (Å²) in [7, 11) is 1.20. The van der Waals surface area contributed by atoms with E-state index in [0.29, 0.717) is 0 Å². The van der Waals surface area contributed by atoms with Gasteiger partial charge in [0.05, 0.1) is 0 Å². The van der Waals surface area contributed by atoms with Crippen LogP contribution >= 0.6 is 0 Å². The number of unbranched alkanes of at least 4 members (excludes halogenated alkanes) is 2. The van der Waals surface area contributed by atoms with Gasteiger partial charge in [0.25, 0.3) is 0 Å². The summed E-state index contributed by atoms with van der Waals surface area (Å²) in [6, 6.07) is 29.1. The molecule has 2 radical (unpaired) electrons. The van der Waals surface area contributed by atoms with E-state index in [1.54, 1.807) is 0 Å². The minimum Gasteiger partial charge on any atom is -1.00 e. The second kappa shape index (κ2) is 22.4. The molecule has 34 heavy (non-hydrogen) atoms. The summed E-state index contributed by atoms with van der Waals surface area (Å²) in [5, 5.41) is 5.53. The smallest absolute Gasteiger partial charge is 1.00 e. The number of halogens is 2. The van der Waals surface area contributed by atoms with E-state index in [-0.39, 0.29) is 74.2 Å². The molecule has 0 aliphatic rings. The summed E-state index contributed by atoms with van der Waals surface area (Å²) >= 11 is 0. The zero-order valence-electron chi connectivity index (χ0n) is 21.3. The molecular formula is C30H40I2SiZr. The summed E-state index contributed by atoms with van der Waals surface area (Å²) < 4.78 is 0. The van der Waals surface area contributed by atoms with Crippen molar-refractivity contribution in [2.75, 3.05) is 0 Å². The van der Waals surface area contributed by atoms with Crippen LogP contribution in [0.2, 0.25) is 12.1 Å². The number of fused-ring (bicyclic) bond motifs is 2. The maximum atomic E-state index is 2.31. The quantitative estimate of drug-likeness (QED) is 0.147. The van der Waals surface area contributed by atoms with Crippen molar-refractivity contribution in [2.45, 2.75) is 78.3 Å². The average molecular weight is 774 g/mol. The fraction of sp³-hybridized carbons (Fsp3) is 0.400. The monoisotopic (exact) mass is 772 g/mol. The molecule has 0 heterocycles. The molecule has 0 atom stereocenters. The Kier molecular flexibility index (Phi) is 24.0. The molecular weight excluding hydrogens is 733 g/mol. The summed E-state index contributed by atoms with van der Waals surface area (Å²) in [6.07, 6.45) is 7.62. The van der Waals surface area contributed by atoms with Crippen LogP contribution in [0.25, 0.3) is 21.5 Å². The van der Waals surface area contributed by atoms with Crippen LogP contribution in [-0.2, 0) is 39.0 Å². The molecule has 4 rings (SSSR count). The second-order valence-corrected chi connectivity index (χ2v) is 10.1. The van der Waals surface area contributed by atoms with Crippen molar-refractivity contribution in [1.29, 1.82) is 0 Å². The topological polar surface area (TPSA) is 0 Å². The molecule has 0 fully saturated rings. The molecule has 0 unspecified atom stereocenters. The van der Waals surface area contributed by atoms with Crippen molar-refractivity contribution in [2.24, 2.45) is 0 Å². The van der Waals surface area contributed by atoms with Crippen LogP contribution in [0.4, 0.5) is 0 Å². The van der Waals surface area contributed by atoms with Gasteiger partial charge >= 0.3 is 26.2 Å². The maximum Gasteiger partial charge on any atom is 4.00 e. The Morgan fingerprint density at radius 1 is 0.618 bits per heavy atom. The van der Waals surface area contributed by atoms with E-state index < -0.39 is 0 Å². The third-order valence-corrected chi connectivity index (χ3v) is 6.49. The Labute approximate surface area is 264 Å². The average Bonchev–Trinajstić information content (AvgIpc) is 3.41. The van der Waals surface area contributed by atoms with Gasteiger partial charge in [0.15, 0.2) is 0 Å². The van der Waals surface area contributed by atoms with E-state index >= 15 is 0 Å². The first-order valence-electron chi connectivity index (χ1n) is 12.2. The Bertz CT molecular complexity index is 843. The molecule has 182 valence electrons. The van der Waals surface area contributed by atoms with E-state index in [4.69, 9.17) is 0 Å². The van der Waals surface area contributed by atoms with Crippen LogP contribution < -0.4 is 48.0 Å². The first kappa shape index (κ1) is 36.4. The molecule has 0 aromatic heterocycles. The van der Waals surface area contributed by atoms with Gasteiger partial charge in [0.1, 0.15) is 0 Å². The predicted octanol–water partition coefficient (Wildman–Crippen LogP) is 3.38. The molecule has 0 nitrogen and oxygen atoms in total. The molecule has 0 spiro atoms. The molecule has 4 heteroatoms. The summed E-state index contributed by atoms with van der Waals surface area (Å²) in [5.74, 6) is 0. The Hall–Kier alpha value is 0.220. The number of rotatable bonds is 8. The van der Waals surface area contributed by atoms with Crippen LogP contribution in [0, 0.1) is 0 Å². The minimum atomic E-state index is 0. The molecule has 0 saturated heterocycles. The molecule has 4 aromatic carbocycles. The van der Waals surface area contributed by atoms with Crippen LogP contribution in [-0.4, -0.2) is 9.52 Å². The van der Waals surface area contributed by atoms with Crippen LogP contribution in [0.1, 0.15) is 64.5 Å². The van der Waals surface area contributed by atoms with Crippen LogP contribution in [0.15, 0.2) is 72.8 Å². The fourth-order valence-corrected chi connectivity index (χ4v) is 4.23. The van der Waals surface area contributed by atoms with Gasteiger partial charge in [-0.05, 0) is 12.8 Å². The van der Waals surface area contributed by atoms with E-state index in [9.17, 15) is 0 Å². The van der Waals surface area contributed by atoms with Gasteiger partial charge in [-0.15, -0.1) is 81.2 Å². The Balaban J connectivity index is 0. The van der Waals surface area contributed by atoms with Crippen LogP contribution in [0.5, 0.6) is 0 Å². The van der Waals surface area contributed by atoms with Crippen molar-refractivity contribution in [3.8, 4) is 0 Å². The molecule has 0 amide bonds. The largest absolute Gasteiger partial charge is 4.00 e. The van der Waals surface area contributed by atoms with Gasteiger partial charge in [-0.25, -0.2) is 0 Å². The molecule has 0 bridgehead atoms. The van der Waals surface area contributed by atoms with Crippen molar-refractivity contribution in [3.63, 3.8) is 0 Å². The third kappa shape index (κ3) is 13.5. The zero-order valence-corrected chi connectivity index (χ0v) is 29.1. The van der Waals surface area contributed by atoms with E-state index in [2.05, 4.69) is 100 Å². The molecule has 0 aliphatic heterocycles. The first-order chi connectivity index (χ1) is 15.2. The fourth-order valence-electron chi connectivity index (χ4n) is 3.73. The normalized spacial score (nSPS) is 9.53. The van der Waals surface area contributed by atoms with Gasteiger partial charge < -0.3 is 48.0 Å². The predicted molar refractivity (Wildman–Crippen MR) is 143 cm³/mol. The molecule has 0 aliphatic carbocycles. The van der Waals surface area contributed by atoms with Gasteiger partial charge in [0.2, 0.25) is 0 Å². The van der Waals surface area contributed by atoms with Crippen molar-refractivity contribution < 1.29 is 74.2 Å². The van der Waals surface area contributed by atoms with Crippen molar-refractivity contribution >= 4 is 31.1 Å². The standard InChI is InChI=1S/2C13H15.C4H10Si.2HI.Zr/c2*1-2-3-6-11-9-12-7-4-5-8-13(12)10-11;1-3-5-4-2;;;/h2*4-5,7-10H,2-3,6H2,1H3;3-4H2,1-2H3;2*1H;/q2*-1;;;;+4/p-2. The summed E-state index contributed by atoms with van der Waals surface area (Å²) in [5.41, 5.74) is 2.98. The van der Waals surface area contributed by atoms with Gasteiger partial charge in [-0.2, -0.15) is 12.1 Å². The summed E-state index contributed by atoms with van der Waals surface area (Å²) in [6.45, 7) is 8.93. The SMILES string of the molecule is CCCCc1cc2ccccc2[cH-]1.CCCCc1cc2ccccc2[cH-]1.CC[Si]CC.[I-].[I-].[Zr+4]. The molecule has 0 saturated carbocycles. The molecule has 0 N–H and O–H groups in total. The number of hydrogen-bond acceptors (Lipinski definition) is 0. The number of aryl methyl sites for hydroxylation is 2. The summed E-state index contributed by atoms with van der Waals surface area (Å²) in [4.78, 5) is 0. The second-order valence-electron chi connectivity index (χ2n) is 8.15. The number of benzene rings is 2. The van der Waals surface area contributed by atoms with Crippen molar-refractivity contribution in [3.05, 3.63) is 83.9 Å². The van der Waals surface area contributed by atoms with E-state index in [0.717, 1.165) is 0 Å². The minimum absolute atomic E-state index is 0. The van der Waals surface area contributed by atoms with Crippen LogP contribution in [0.3, 0.4) is 0 Å². The third-order valence-electron chi connectivity index (χ3n) is 5.49. The zero-order chi connectivity index (χ0) is 22.3. The van der Waals surface area contributed by atoms with E-state index in [1.165, 1.54) is 92.8 Å². The van der Waals surface area contributed by atoms with Crippen molar-refractivity contribution in [1.82, 2.24) is 0 Å². The van der Waals surface area contributed by atoms with Gasteiger partial charge in [0, 0.05) is 9.52 Å². The number of hydrogen-bond donors (Lipinski definition) is 0. The van der Waals surface area contributed by atoms with Gasteiger partial charge in [-0.1, -0.05) is 77.6 Å².